The normalized spacial score (nSPS) is 15.0. The van der Waals surface area contributed by atoms with Crippen LogP contribution in [0.4, 0.5) is 22.7 Å². The third kappa shape index (κ3) is 7.18. The number of piperazine rings is 1. The van der Waals surface area contributed by atoms with Gasteiger partial charge < -0.3 is 29.5 Å². The van der Waals surface area contributed by atoms with Crippen LogP contribution in [0.25, 0.3) is 0 Å². The van der Waals surface area contributed by atoms with Crippen LogP contribution in [0, 0.1) is 10.1 Å². The Morgan fingerprint density at radius 1 is 0.932 bits per heavy atom. The van der Waals surface area contributed by atoms with Crippen molar-refractivity contribution in [3.8, 4) is 5.75 Å². The van der Waals surface area contributed by atoms with E-state index in [1.807, 2.05) is 29.2 Å². The van der Waals surface area contributed by atoms with E-state index in [0.29, 0.717) is 80.2 Å². The average molecular weight is 639 g/mol. The van der Waals surface area contributed by atoms with Crippen molar-refractivity contribution in [3.05, 3.63) is 86.9 Å². The monoisotopic (exact) mass is 638 g/mol. The standard InChI is InChI=1S/C30H31ClN6O6S/c1-42-27-9-2-20(31)18-25(27)29(39)36-12-10-34(11-13-36)22-5-3-21(4-6-22)32-30(44)33-28(38)24-19-23(37(40)41)7-8-26(24)35-14-16-43-17-15-35/h2-9,18-19H,10-17H2,1H3,(H2,32,33,38,44). The second-order valence-corrected chi connectivity index (χ2v) is 11.0. The Kier molecular flexibility index (Phi) is 9.78. The van der Waals surface area contributed by atoms with Crippen molar-refractivity contribution in [2.75, 3.05) is 74.7 Å². The lowest BCUT2D eigenvalue weighted by atomic mass is 10.1. The molecule has 0 bridgehead atoms. The van der Waals surface area contributed by atoms with Gasteiger partial charge >= 0.3 is 0 Å². The smallest absolute Gasteiger partial charge is 0.270 e. The van der Waals surface area contributed by atoms with E-state index in [-0.39, 0.29) is 22.3 Å². The number of nitro groups is 1. The van der Waals surface area contributed by atoms with Gasteiger partial charge in [-0.2, -0.15) is 0 Å². The van der Waals surface area contributed by atoms with Gasteiger partial charge in [-0.25, -0.2) is 0 Å². The lowest BCUT2D eigenvalue weighted by Gasteiger charge is -2.36. The van der Waals surface area contributed by atoms with Crippen LogP contribution >= 0.6 is 23.8 Å². The first-order chi connectivity index (χ1) is 21.2. The summed E-state index contributed by atoms with van der Waals surface area (Å²) < 4.78 is 10.7. The van der Waals surface area contributed by atoms with E-state index in [4.69, 9.17) is 33.3 Å². The average Bonchev–Trinajstić information content (AvgIpc) is 3.05. The first-order valence-corrected chi connectivity index (χ1v) is 14.7. The minimum absolute atomic E-state index is 0.0609. The summed E-state index contributed by atoms with van der Waals surface area (Å²) in [6.07, 6.45) is 0. The van der Waals surface area contributed by atoms with E-state index in [9.17, 15) is 19.7 Å². The summed E-state index contributed by atoms with van der Waals surface area (Å²) in [6, 6.07) is 16.8. The molecule has 2 N–H and O–H groups in total. The van der Waals surface area contributed by atoms with E-state index in [1.54, 1.807) is 29.2 Å². The first-order valence-electron chi connectivity index (χ1n) is 13.9. The van der Waals surface area contributed by atoms with Crippen molar-refractivity contribution in [1.29, 1.82) is 0 Å². The lowest BCUT2D eigenvalue weighted by Crippen LogP contribution is -2.48. The van der Waals surface area contributed by atoms with Crippen LogP contribution in [0.5, 0.6) is 5.75 Å². The molecular formula is C30H31ClN6O6S. The van der Waals surface area contributed by atoms with Gasteiger partial charge in [0.2, 0.25) is 0 Å². The number of non-ortho nitro benzene ring substituents is 1. The third-order valence-electron chi connectivity index (χ3n) is 7.46. The van der Waals surface area contributed by atoms with Gasteiger partial charge in [-0.1, -0.05) is 11.6 Å². The molecule has 0 radical (unpaired) electrons. The Hall–Kier alpha value is -4.46. The van der Waals surface area contributed by atoms with Gasteiger partial charge in [0.15, 0.2) is 5.11 Å². The fourth-order valence-electron chi connectivity index (χ4n) is 5.17. The number of carbonyl (C=O) groups is 2. The maximum absolute atomic E-state index is 13.2. The van der Waals surface area contributed by atoms with Crippen LogP contribution in [-0.2, 0) is 4.74 Å². The molecule has 44 heavy (non-hydrogen) atoms. The number of rotatable bonds is 7. The molecule has 2 heterocycles. The summed E-state index contributed by atoms with van der Waals surface area (Å²) in [5.41, 5.74) is 2.63. The lowest BCUT2D eigenvalue weighted by molar-refractivity contribution is -0.384. The summed E-state index contributed by atoms with van der Waals surface area (Å²) >= 11 is 11.5. The number of amides is 2. The molecule has 3 aromatic carbocycles. The highest BCUT2D eigenvalue weighted by molar-refractivity contribution is 7.80. The number of benzene rings is 3. The molecule has 2 fully saturated rings. The van der Waals surface area contributed by atoms with Crippen LogP contribution in [0.3, 0.4) is 0 Å². The molecule has 2 amide bonds. The van der Waals surface area contributed by atoms with Crippen LogP contribution in [-0.4, -0.2) is 86.3 Å². The molecule has 0 aromatic heterocycles. The SMILES string of the molecule is COc1ccc(Cl)cc1C(=O)N1CCN(c2ccc(NC(=S)NC(=O)c3cc([N+](=O)[O-])ccc3N3CCOCC3)cc2)CC1. The fourth-order valence-corrected chi connectivity index (χ4v) is 5.56. The molecule has 0 saturated carbocycles. The number of morpholine rings is 1. The maximum Gasteiger partial charge on any atom is 0.270 e. The van der Waals surface area contributed by atoms with Gasteiger partial charge in [-0.05, 0) is 60.7 Å². The van der Waals surface area contributed by atoms with Gasteiger partial charge in [0.25, 0.3) is 17.5 Å². The highest BCUT2D eigenvalue weighted by Gasteiger charge is 2.25. The van der Waals surface area contributed by atoms with Crippen molar-refractivity contribution >= 4 is 63.5 Å². The fraction of sp³-hybridized carbons (Fsp3) is 0.300. The van der Waals surface area contributed by atoms with Gasteiger partial charge in [-0.3, -0.25) is 25.0 Å². The molecule has 5 rings (SSSR count). The molecule has 2 saturated heterocycles. The van der Waals surface area contributed by atoms with E-state index >= 15 is 0 Å². The molecule has 230 valence electrons. The predicted octanol–water partition coefficient (Wildman–Crippen LogP) is 4.18. The number of halogens is 1. The van der Waals surface area contributed by atoms with Crippen molar-refractivity contribution in [2.24, 2.45) is 0 Å². The van der Waals surface area contributed by atoms with Crippen LogP contribution in [0.15, 0.2) is 60.7 Å². The number of nitrogens with one attached hydrogen (secondary N) is 2. The summed E-state index contributed by atoms with van der Waals surface area (Å²) in [5, 5.41) is 17.6. The predicted molar refractivity (Wildman–Crippen MR) is 172 cm³/mol. The van der Waals surface area contributed by atoms with E-state index in [2.05, 4.69) is 15.5 Å². The summed E-state index contributed by atoms with van der Waals surface area (Å²) in [6.45, 7) is 4.49. The second-order valence-electron chi connectivity index (χ2n) is 10.1. The number of ether oxygens (including phenoxy) is 2. The number of hydrogen-bond donors (Lipinski definition) is 2. The molecule has 0 aliphatic carbocycles. The third-order valence-corrected chi connectivity index (χ3v) is 7.90. The number of anilines is 3. The van der Waals surface area contributed by atoms with E-state index in [0.717, 1.165) is 5.69 Å². The largest absolute Gasteiger partial charge is 0.496 e. The quantitative estimate of drug-likeness (QED) is 0.221. The molecule has 3 aromatic rings. The highest BCUT2D eigenvalue weighted by atomic mass is 35.5. The highest BCUT2D eigenvalue weighted by Crippen LogP contribution is 2.28. The van der Waals surface area contributed by atoms with Crippen molar-refractivity contribution in [1.82, 2.24) is 10.2 Å². The molecular weight excluding hydrogens is 608 g/mol. The number of methoxy groups -OCH3 is 1. The topological polar surface area (TPSA) is 130 Å². The zero-order valence-electron chi connectivity index (χ0n) is 24.0. The molecule has 2 aliphatic rings. The number of hydrogen-bond acceptors (Lipinski definition) is 9. The zero-order chi connectivity index (χ0) is 31.2. The van der Waals surface area contributed by atoms with Crippen LogP contribution in [0.1, 0.15) is 20.7 Å². The second kappa shape index (κ2) is 13.9. The van der Waals surface area contributed by atoms with Crippen molar-refractivity contribution in [2.45, 2.75) is 0 Å². The minimum Gasteiger partial charge on any atom is -0.496 e. The zero-order valence-corrected chi connectivity index (χ0v) is 25.5. The molecule has 0 unspecified atom stereocenters. The number of nitrogens with zero attached hydrogens (tertiary/aromatic N) is 4. The summed E-state index contributed by atoms with van der Waals surface area (Å²) in [5.74, 6) is -0.185. The van der Waals surface area contributed by atoms with E-state index in [1.165, 1.54) is 19.2 Å². The van der Waals surface area contributed by atoms with Gasteiger partial charge in [0.1, 0.15) is 5.75 Å². The van der Waals surface area contributed by atoms with Crippen molar-refractivity contribution in [3.63, 3.8) is 0 Å². The first kappa shape index (κ1) is 31.0. The van der Waals surface area contributed by atoms with Gasteiger partial charge in [0, 0.05) is 67.8 Å². The number of thiocarbonyl (C=S) groups is 1. The number of carbonyl (C=O) groups excluding carboxylic acids is 2. The molecule has 14 heteroatoms. The minimum atomic E-state index is -0.549. The van der Waals surface area contributed by atoms with Crippen molar-refractivity contribution < 1.29 is 24.0 Å². The van der Waals surface area contributed by atoms with E-state index < -0.39 is 10.8 Å². The molecule has 0 atom stereocenters. The summed E-state index contributed by atoms with van der Waals surface area (Å²) in [4.78, 5) is 43.1. The molecule has 0 spiro atoms. The van der Waals surface area contributed by atoms with Crippen LogP contribution < -0.4 is 25.2 Å². The van der Waals surface area contributed by atoms with Crippen LogP contribution in [0.2, 0.25) is 5.02 Å². The Morgan fingerprint density at radius 2 is 1.64 bits per heavy atom. The van der Waals surface area contributed by atoms with Gasteiger partial charge in [0.05, 0.1) is 42.1 Å². The molecule has 2 aliphatic heterocycles. The maximum atomic E-state index is 13.2. The Labute approximate surface area is 264 Å². The Bertz CT molecular complexity index is 1560. The Balaban J connectivity index is 1.18. The Morgan fingerprint density at radius 3 is 2.30 bits per heavy atom. The van der Waals surface area contributed by atoms with Gasteiger partial charge in [-0.15, -0.1) is 0 Å². The molecule has 12 nitrogen and oxygen atoms in total. The summed E-state index contributed by atoms with van der Waals surface area (Å²) in [7, 11) is 1.52. The number of nitro benzene ring substituents is 1.